The zero-order valence-corrected chi connectivity index (χ0v) is 21.9. The Labute approximate surface area is 226 Å². The molecule has 204 valence electrons. The lowest BCUT2D eigenvalue weighted by molar-refractivity contribution is -0.0822. The molecule has 0 aliphatic heterocycles. The molecule has 3 aromatic carbocycles. The highest BCUT2D eigenvalue weighted by molar-refractivity contribution is 5.49. The van der Waals surface area contributed by atoms with Gasteiger partial charge in [-0.3, -0.25) is 14.3 Å². The van der Waals surface area contributed by atoms with E-state index in [1.165, 1.54) is 16.8 Å². The minimum Gasteiger partial charge on any atom is -0.497 e. The Hall–Kier alpha value is -4.18. The van der Waals surface area contributed by atoms with Crippen molar-refractivity contribution in [3.05, 3.63) is 129 Å². The van der Waals surface area contributed by atoms with Crippen molar-refractivity contribution in [2.45, 2.75) is 18.2 Å². The van der Waals surface area contributed by atoms with Gasteiger partial charge in [-0.1, -0.05) is 54.6 Å². The van der Waals surface area contributed by atoms with Gasteiger partial charge in [0.05, 0.1) is 40.6 Å². The molecular formula is C30H32N2O7. The van der Waals surface area contributed by atoms with Crippen molar-refractivity contribution < 1.29 is 24.1 Å². The fourth-order valence-electron chi connectivity index (χ4n) is 4.38. The molecule has 0 amide bonds. The molecule has 0 aliphatic rings. The monoisotopic (exact) mass is 532 g/mol. The third kappa shape index (κ3) is 6.46. The number of aromatic amines is 1. The molecule has 2 N–H and O–H groups in total. The molecular weight excluding hydrogens is 500 g/mol. The smallest absolute Gasteiger partial charge is 0.328 e. The van der Waals surface area contributed by atoms with E-state index in [-0.39, 0.29) is 26.4 Å². The van der Waals surface area contributed by atoms with Gasteiger partial charge in [0, 0.05) is 12.3 Å². The lowest BCUT2D eigenvalue weighted by Crippen LogP contribution is -2.38. The molecule has 0 bridgehead atoms. The average Bonchev–Trinajstić information content (AvgIpc) is 2.98. The summed E-state index contributed by atoms with van der Waals surface area (Å²) in [6, 6.07) is 26.4. The number of nitrogens with one attached hydrogen (secondary N) is 1. The van der Waals surface area contributed by atoms with Crippen molar-refractivity contribution in [3.63, 3.8) is 0 Å². The van der Waals surface area contributed by atoms with Gasteiger partial charge in [0.15, 0.2) is 0 Å². The number of nitrogens with zero attached hydrogens (tertiary/aromatic N) is 1. The fourth-order valence-corrected chi connectivity index (χ4v) is 4.38. The molecule has 39 heavy (non-hydrogen) atoms. The van der Waals surface area contributed by atoms with Crippen molar-refractivity contribution >= 4 is 0 Å². The summed E-state index contributed by atoms with van der Waals surface area (Å²) in [5, 5.41) is 10.1. The number of hydrogen-bond acceptors (Lipinski definition) is 7. The second-order valence-corrected chi connectivity index (χ2v) is 8.79. The zero-order chi connectivity index (χ0) is 27.7. The summed E-state index contributed by atoms with van der Waals surface area (Å²) in [4.78, 5) is 25.5. The minimum atomic E-state index is -1.05. The summed E-state index contributed by atoms with van der Waals surface area (Å²) in [6.45, 7) is 0.0808. The van der Waals surface area contributed by atoms with Gasteiger partial charge in [-0.25, -0.2) is 4.79 Å². The summed E-state index contributed by atoms with van der Waals surface area (Å²) >= 11 is 0. The predicted octanol–water partition coefficient (Wildman–Crippen LogP) is 2.94. The van der Waals surface area contributed by atoms with E-state index in [0.717, 1.165) is 16.7 Å². The van der Waals surface area contributed by atoms with Crippen LogP contribution in [-0.4, -0.2) is 54.8 Å². The van der Waals surface area contributed by atoms with Crippen LogP contribution in [0.5, 0.6) is 11.5 Å². The Morgan fingerprint density at radius 2 is 1.38 bits per heavy atom. The maximum atomic E-state index is 12.0. The van der Waals surface area contributed by atoms with E-state index in [9.17, 15) is 14.7 Å². The number of benzene rings is 3. The van der Waals surface area contributed by atoms with Gasteiger partial charge in [-0.15, -0.1) is 0 Å². The van der Waals surface area contributed by atoms with Gasteiger partial charge < -0.3 is 24.1 Å². The number of hydrogen-bond donors (Lipinski definition) is 2. The quantitative estimate of drug-likeness (QED) is 0.255. The summed E-state index contributed by atoms with van der Waals surface area (Å²) < 4.78 is 24.7. The second kappa shape index (κ2) is 13.1. The van der Waals surface area contributed by atoms with E-state index in [0.29, 0.717) is 11.5 Å². The summed E-state index contributed by atoms with van der Waals surface area (Å²) in [7, 11) is 3.23. The van der Waals surface area contributed by atoms with Gasteiger partial charge in [0.2, 0.25) is 0 Å². The van der Waals surface area contributed by atoms with E-state index < -0.39 is 23.0 Å². The number of aliphatic hydroxyl groups is 1. The van der Waals surface area contributed by atoms with E-state index in [1.807, 2.05) is 78.9 Å². The maximum absolute atomic E-state index is 12.0. The van der Waals surface area contributed by atoms with Crippen LogP contribution in [0.3, 0.4) is 0 Å². The number of aliphatic hydroxyl groups excluding tert-OH is 1. The molecule has 0 aliphatic carbocycles. The Balaban J connectivity index is 1.66. The molecule has 1 aromatic heterocycles. The standard InChI is InChI=1S/C30H32N2O7/c1-36-25-12-8-23(9-13-25)30(22-6-4-3-5-7-22,24-10-14-26(37-2)15-11-24)39-21-27(20-33)38-19-18-32-17-16-28(34)31-29(32)35/h3-17,27,33H,18-21H2,1-2H3,(H,31,34,35)/t27-/m0/s1. The molecule has 0 saturated heterocycles. The Morgan fingerprint density at radius 1 is 0.821 bits per heavy atom. The largest absolute Gasteiger partial charge is 0.497 e. The third-order valence-corrected chi connectivity index (χ3v) is 6.45. The average molecular weight is 533 g/mol. The van der Waals surface area contributed by atoms with E-state index in [1.54, 1.807) is 14.2 Å². The Bertz CT molecular complexity index is 1380. The maximum Gasteiger partial charge on any atom is 0.328 e. The highest BCUT2D eigenvalue weighted by atomic mass is 16.6. The number of rotatable bonds is 13. The Morgan fingerprint density at radius 3 is 1.90 bits per heavy atom. The molecule has 0 saturated carbocycles. The number of aromatic nitrogens is 2. The second-order valence-electron chi connectivity index (χ2n) is 8.79. The Kier molecular flexibility index (Phi) is 9.32. The minimum absolute atomic E-state index is 0.0456. The lowest BCUT2D eigenvalue weighted by Gasteiger charge is -2.37. The van der Waals surface area contributed by atoms with Crippen LogP contribution in [0.25, 0.3) is 0 Å². The van der Waals surface area contributed by atoms with Crippen molar-refractivity contribution in [1.82, 2.24) is 9.55 Å². The summed E-state index contributed by atoms with van der Waals surface area (Å²) in [5.74, 6) is 1.43. The number of methoxy groups -OCH3 is 2. The first-order valence-electron chi connectivity index (χ1n) is 12.5. The van der Waals surface area contributed by atoms with E-state index in [4.69, 9.17) is 18.9 Å². The van der Waals surface area contributed by atoms with Gasteiger partial charge in [-0.05, 0) is 41.0 Å². The van der Waals surface area contributed by atoms with Gasteiger partial charge in [0.25, 0.3) is 5.56 Å². The van der Waals surface area contributed by atoms with Gasteiger partial charge in [0.1, 0.15) is 23.2 Å². The van der Waals surface area contributed by atoms with Gasteiger partial charge in [-0.2, -0.15) is 0 Å². The molecule has 1 atom stereocenters. The number of H-pyrrole nitrogens is 1. The first kappa shape index (κ1) is 27.8. The molecule has 0 spiro atoms. The summed E-state index contributed by atoms with van der Waals surface area (Å²) in [5.41, 5.74) is 0.564. The van der Waals surface area contributed by atoms with E-state index >= 15 is 0 Å². The van der Waals surface area contributed by atoms with Crippen LogP contribution >= 0.6 is 0 Å². The van der Waals surface area contributed by atoms with Crippen LogP contribution in [0.1, 0.15) is 16.7 Å². The zero-order valence-electron chi connectivity index (χ0n) is 21.9. The SMILES string of the molecule is COc1ccc(C(OC[C@H](CO)OCCn2ccc(=O)[nH]c2=O)(c2ccccc2)c2ccc(OC)cc2)cc1. The van der Waals surface area contributed by atoms with Crippen LogP contribution in [0.2, 0.25) is 0 Å². The van der Waals surface area contributed by atoms with Crippen molar-refractivity contribution in [2.75, 3.05) is 34.0 Å². The molecule has 0 radical (unpaired) electrons. The van der Waals surface area contributed by atoms with E-state index in [2.05, 4.69) is 4.98 Å². The van der Waals surface area contributed by atoms with Crippen LogP contribution < -0.4 is 20.7 Å². The molecule has 9 nitrogen and oxygen atoms in total. The predicted molar refractivity (Wildman–Crippen MR) is 146 cm³/mol. The van der Waals surface area contributed by atoms with Crippen LogP contribution in [0.4, 0.5) is 0 Å². The van der Waals surface area contributed by atoms with Crippen molar-refractivity contribution in [2.24, 2.45) is 0 Å². The van der Waals surface area contributed by atoms with Crippen LogP contribution in [-0.2, 0) is 21.6 Å². The van der Waals surface area contributed by atoms with Crippen LogP contribution in [0, 0.1) is 0 Å². The first-order valence-corrected chi connectivity index (χ1v) is 12.5. The molecule has 0 fully saturated rings. The van der Waals surface area contributed by atoms with Gasteiger partial charge >= 0.3 is 5.69 Å². The topological polar surface area (TPSA) is 112 Å². The lowest BCUT2D eigenvalue weighted by atomic mass is 9.80. The summed E-state index contributed by atoms with van der Waals surface area (Å²) in [6.07, 6.45) is 0.728. The highest BCUT2D eigenvalue weighted by Gasteiger charge is 2.38. The first-order chi connectivity index (χ1) is 19.0. The molecule has 4 aromatic rings. The third-order valence-electron chi connectivity index (χ3n) is 6.45. The van der Waals surface area contributed by atoms with Crippen LogP contribution in [0.15, 0.2) is 101 Å². The van der Waals surface area contributed by atoms with Crippen molar-refractivity contribution in [3.8, 4) is 11.5 Å². The molecule has 1 heterocycles. The fraction of sp³-hybridized carbons (Fsp3) is 0.267. The molecule has 9 heteroatoms. The molecule has 0 unspecified atom stereocenters. The highest BCUT2D eigenvalue weighted by Crippen LogP contribution is 2.41. The number of ether oxygens (including phenoxy) is 4. The molecule has 4 rings (SSSR count). The van der Waals surface area contributed by atoms with Crippen molar-refractivity contribution in [1.29, 1.82) is 0 Å². The normalized spacial score (nSPS) is 12.2.